The molecule has 25 heavy (non-hydrogen) atoms. The van der Waals surface area contributed by atoms with E-state index in [1.54, 1.807) is 11.3 Å². The highest BCUT2D eigenvalue weighted by atomic mass is 32.1. The Bertz CT molecular complexity index is 624. The number of rotatable bonds is 4. The zero-order valence-corrected chi connectivity index (χ0v) is 15.7. The first kappa shape index (κ1) is 18.5. The number of carbonyl (C=O) groups is 1. The second-order valence-corrected chi connectivity index (χ2v) is 8.24. The third-order valence-corrected chi connectivity index (χ3v) is 5.86. The van der Waals surface area contributed by atoms with Gasteiger partial charge in [-0.1, -0.05) is 11.6 Å². The largest absolute Gasteiger partial charge is 0.302 e. The van der Waals surface area contributed by atoms with Crippen LogP contribution < -0.4 is 10.6 Å². The molecule has 1 aromatic rings. The van der Waals surface area contributed by atoms with E-state index in [0.29, 0.717) is 23.5 Å². The first-order valence-corrected chi connectivity index (χ1v) is 9.84. The molecule has 3 heterocycles. The molecule has 2 saturated heterocycles. The summed E-state index contributed by atoms with van der Waals surface area (Å²) >= 11 is 1.54. The number of anilines is 1. The van der Waals surface area contributed by atoms with Gasteiger partial charge in [-0.15, -0.1) is 11.3 Å². The normalized spacial score (nSPS) is 29.7. The summed E-state index contributed by atoms with van der Waals surface area (Å²) in [6.45, 7) is 6.43. The SMILES string of the molecule is CC(=O)Nc1ncc(CN2CC/C(=C\C3CCC(F)NC3)CC2C)s1. The molecule has 0 spiro atoms. The van der Waals surface area contributed by atoms with Gasteiger partial charge in [-0.3, -0.25) is 15.0 Å². The van der Waals surface area contributed by atoms with Crippen LogP contribution in [0.25, 0.3) is 0 Å². The number of hydrogen-bond acceptors (Lipinski definition) is 5. The third kappa shape index (κ3) is 5.33. The van der Waals surface area contributed by atoms with Gasteiger partial charge < -0.3 is 5.32 Å². The van der Waals surface area contributed by atoms with Gasteiger partial charge in [-0.2, -0.15) is 0 Å². The van der Waals surface area contributed by atoms with Gasteiger partial charge in [0.1, 0.15) is 0 Å². The second-order valence-electron chi connectivity index (χ2n) is 7.12. The molecule has 3 atom stereocenters. The first-order valence-electron chi connectivity index (χ1n) is 9.03. The predicted molar refractivity (Wildman–Crippen MR) is 99.2 cm³/mol. The summed E-state index contributed by atoms with van der Waals surface area (Å²) in [7, 11) is 0. The number of piperidine rings is 2. The van der Waals surface area contributed by atoms with E-state index in [0.717, 1.165) is 38.9 Å². The Hall–Kier alpha value is -1.31. The second kappa shape index (κ2) is 8.38. The summed E-state index contributed by atoms with van der Waals surface area (Å²) in [5.74, 6) is 0.390. The topological polar surface area (TPSA) is 57.3 Å². The van der Waals surface area contributed by atoms with E-state index in [9.17, 15) is 9.18 Å². The summed E-state index contributed by atoms with van der Waals surface area (Å²) in [6, 6.07) is 0.483. The zero-order valence-electron chi connectivity index (χ0n) is 14.9. The van der Waals surface area contributed by atoms with E-state index in [-0.39, 0.29) is 5.91 Å². The number of aromatic nitrogens is 1. The van der Waals surface area contributed by atoms with Crippen LogP contribution in [0, 0.1) is 5.92 Å². The fourth-order valence-corrected chi connectivity index (χ4v) is 4.50. The lowest BCUT2D eigenvalue weighted by Crippen LogP contribution is -2.38. The summed E-state index contributed by atoms with van der Waals surface area (Å²) in [6.07, 6.45) is 7.14. The van der Waals surface area contributed by atoms with Gasteiger partial charge in [0.05, 0.1) is 0 Å². The van der Waals surface area contributed by atoms with Crippen molar-refractivity contribution < 1.29 is 9.18 Å². The smallest absolute Gasteiger partial charge is 0.223 e. The summed E-state index contributed by atoms with van der Waals surface area (Å²) < 4.78 is 13.2. The maximum absolute atomic E-state index is 13.2. The van der Waals surface area contributed by atoms with Crippen molar-refractivity contribution in [3.63, 3.8) is 0 Å². The minimum Gasteiger partial charge on any atom is -0.302 e. The highest BCUT2D eigenvalue weighted by molar-refractivity contribution is 7.15. The van der Waals surface area contributed by atoms with Gasteiger partial charge in [0.25, 0.3) is 0 Å². The lowest BCUT2D eigenvalue weighted by atomic mass is 9.90. The van der Waals surface area contributed by atoms with Crippen LogP contribution in [-0.4, -0.2) is 41.2 Å². The Morgan fingerprint density at radius 3 is 3.08 bits per heavy atom. The van der Waals surface area contributed by atoms with Gasteiger partial charge in [-0.05, 0) is 38.5 Å². The Morgan fingerprint density at radius 2 is 2.40 bits per heavy atom. The van der Waals surface area contributed by atoms with Crippen molar-refractivity contribution in [1.82, 2.24) is 15.2 Å². The number of hydrogen-bond donors (Lipinski definition) is 2. The van der Waals surface area contributed by atoms with E-state index in [4.69, 9.17) is 0 Å². The third-order valence-electron chi connectivity index (χ3n) is 4.96. The lowest BCUT2D eigenvalue weighted by molar-refractivity contribution is -0.114. The van der Waals surface area contributed by atoms with Gasteiger partial charge >= 0.3 is 0 Å². The summed E-state index contributed by atoms with van der Waals surface area (Å²) in [4.78, 5) is 19.0. The van der Waals surface area contributed by atoms with Crippen molar-refractivity contribution in [3.05, 3.63) is 22.7 Å². The van der Waals surface area contributed by atoms with Gasteiger partial charge in [0.2, 0.25) is 5.91 Å². The molecule has 0 aliphatic carbocycles. The van der Waals surface area contributed by atoms with Crippen LogP contribution in [0.3, 0.4) is 0 Å². The molecule has 138 valence electrons. The summed E-state index contributed by atoms with van der Waals surface area (Å²) in [5.41, 5.74) is 1.51. The molecule has 1 amide bonds. The highest BCUT2D eigenvalue weighted by Crippen LogP contribution is 2.28. The van der Waals surface area contributed by atoms with E-state index >= 15 is 0 Å². The van der Waals surface area contributed by atoms with Crippen LogP contribution in [0.4, 0.5) is 9.52 Å². The Kier molecular flexibility index (Phi) is 6.19. The number of nitrogens with one attached hydrogen (secondary N) is 2. The van der Waals surface area contributed by atoms with Crippen LogP contribution in [0.5, 0.6) is 0 Å². The molecular formula is C18H27FN4OS. The molecule has 3 unspecified atom stereocenters. The van der Waals surface area contributed by atoms with Crippen molar-refractivity contribution in [2.45, 2.75) is 58.4 Å². The van der Waals surface area contributed by atoms with E-state index in [1.807, 2.05) is 6.20 Å². The van der Waals surface area contributed by atoms with Crippen molar-refractivity contribution in [1.29, 1.82) is 0 Å². The van der Waals surface area contributed by atoms with E-state index < -0.39 is 6.30 Å². The van der Waals surface area contributed by atoms with Crippen LogP contribution >= 0.6 is 11.3 Å². The van der Waals surface area contributed by atoms with Crippen LogP contribution in [0.2, 0.25) is 0 Å². The fraction of sp³-hybridized carbons (Fsp3) is 0.667. The first-order chi connectivity index (χ1) is 12.0. The average molecular weight is 367 g/mol. The molecule has 2 N–H and O–H groups in total. The van der Waals surface area contributed by atoms with Crippen molar-refractivity contribution in [3.8, 4) is 0 Å². The summed E-state index contributed by atoms with van der Waals surface area (Å²) in [5, 5.41) is 6.34. The molecule has 2 aliphatic heterocycles. The molecule has 0 radical (unpaired) electrons. The predicted octanol–water partition coefficient (Wildman–Crippen LogP) is 3.31. The molecule has 3 rings (SSSR count). The number of carbonyl (C=O) groups excluding carboxylic acids is 1. The number of likely N-dealkylation sites (tertiary alicyclic amines) is 1. The number of thiazole rings is 1. The molecular weight excluding hydrogens is 339 g/mol. The van der Waals surface area contributed by atoms with E-state index in [2.05, 4.69) is 33.5 Å². The number of alkyl halides is 1. The highest BCUT2D eigenvalue weighted by Gasteiger charge is 2.24. The number of nitrogens with zero attached hydrogens (tertiary/aromatic N) is 2. The lowest BCUT2D eigenvalue weighted by Gasteiger charge is -2.35. The van der Waals surface area contributed by atoms with Crippen molar-refractivity contribution in [2.24, 2.45) is 5.92 Å². The van der Waals surface area contributed by atoms with E-state index in [1.165, 1.54) is 17.4 Å². The Labute approximate surface area is 152 Å². The molecule has 5 nitrogen and oxygen atoms in total. The van der Waals surface area contributed by atoms with Crippen molar-refractivity contribution >= 4 is 22.4 Å². The maximum atomic E-state index is 13.2. The molecule has 0 aromatic carbocycles. The van der Waals surface area contributed by atoms with Gasteiger partial charge in [0, 0.05) is 43.7 Å². The zero-order chi connectivity index (χ0) is 17.8. The van der Waals surface area contributed by atoms with Gasteiger partial charge in [-0.25, -0.2) is 9.37 Å². The monoisotopic (exact) mass is 366 g/mol. The number of halogens is 1. The maximum Gasteiger partial charge on any atom is 0.223 e. The van der Waals surface area contributed by atoms with Gasteiger partial charge in [0.15, 0.2) is 11.4 Å². The minimum atomic E-state index is -0.822. The molecule has 7 heteroatoms. The quantitative estimate of drug-likeness (QED) is 0.634. The minimum absolute atomic E-state index is 0.0849. The number of amides is 1. The Morgan fingerprint density at radius 1 is 1.56 bits per heavy atom. The molecule has 0 bridgehead atoms. The average Bonchev–Trinajstić information content (AvgIpc) is 2.98. The van der Waals surface area contributed by atoms with Crippen LogP contribution in [-0.2, 0) is 11.3 Å². The fourth-order valence-electron chi connectivity index (χ4n) is 3.61. The molecule has 2 fully saturated rings. The van der Waals surface area contributed by atoms with Crippen LogP contribution in [0.1, 0.15) is 44.4 Å². The standard InChI is InChI=1S/C18H27FN4OS/c1-12-7-14(8-15-3-4-17(19)20-9-15)5-6-23(12)11-16-10-21-18(25-16)22-13(2)24/h8,10,12,15,17,20H,3-7,9,11H2,1-2H3,(H,21,22,24)/b14-8+. The molecule has 1 aromatic heterocycles. The molecule has 0 saturated carbocycles. The van der Waals surface area contributed by atoms with Crippen molar-refractivity contribution in [2.75, 3.05) is 18.4 Å². The van der Waals surface area contributed by atoms with Crippen LogP contribution in [0.15, 0.2) is 17.8 Å². The molecule has 2 aliphatic rings. The Balaban J connectivity index is 1.51.